The number of hydrogen-bond donors (Lipinski definition) is 2. The van der Waals surface area contributed by atoms with Crippen LogP contribution >= 0.6 is 11.6 Å². The van der Waals surface area contributed by atoms with Crippen LogP contribution in [0.5, 0.6) is 5.75 Å². The molecule has 1 fully saturated rings. The number of nitrogens with two attached hydrogens (primary N) is 2. The second-order valence-electron chi connectivity index (χ2n) is 4.26. The highest BCUT2D eigenvalue weighted by Crippen LogP contribution is 2.27. The van der Waals surface area contributed by atoms with E-state index in [1.807, 2.05) is 0 Å². The molecule has 17 heavy (non-hydrogen) atoms. The van der Waals surface area contributed by atoms with Crippen LogP contribution in [0.2, 0.25) is 5.02 Å². The lowest BCUT2D eigenvalue weighted by atomic mass is 10.2. The number of carbonyl (C=O) groups is 1. The molecule has 2 unspecified atom stereocenters. The molecule has 1 saturated carbocycles. The van der Waals surface area contributed by atoms with Gasteiger partial charge in [0.25, 0.3) is 0 Å². The number of primary amides is 1. The second kappa shape index (κ2) is 4.94. The Bertz CT molecular complexity index is 437. The lowest BCUT2D eigenvalue weighted by Crippen LogP contribution is -2.33. The summed E-state index contributed by atoms with van der Waals surface area (Å²) in [6, 6.07) is 4.94. The molecule has 0 heterocycles. The van der Waals surface area contributed by atoms with Gasteiger partial charge in [-0.2, -0.15) is 0 Å². The molecule has 0 radical (unpaired) electrons. The number of amides is 1. The molecule has 92 valence electrons. The number of halogens is 1. The molecule has 1 amide bonds. The zero-order chi connectivity index (χ0) is 12.4. The Morgan fingerprint density at radius 1 is 1.41 bits per heavy atom. The van der Waals surface area contributed by atoms with Crippen molar-refractivity contribution < 1.29 is 9.53 Å². The Morgan fingerprint density at radius 2 is 2.18 bits per heavy atom. The van der Waals surface area contributed by atoms with Gasteiger partial charge in [0, 0.05) is 6.04 Å². The Hall–Kier alpha value is -1.26. The molecule has 1 aromatic carbocycles. The van der Waals surface area contributed by atoms with E-state index in [0.29, 0.717) is 16.3 Å². The first-order valence-electron chi connectivity index (χ1n) is 5.59. The molecule has 0 spiro atoms. The predicted molar refractivity (Wildman–Crippen MR) is 66.2 cm³/mol. The number of benzene rings is 1. The number of rotatable bonds is 3. The number of hydrogen-bond acceptors (Lipinski definition) is 3. The fourth-order valence-corrected chi connectivity index (χ4v) is 2.31. The van der Waals surface area contributed by atoms with E-state index in [1.165, 1.54) is 0 Å². The molecule has 5 heteroatoms. The first kappa shape index (κ1) is 12.2. The van der Waals surface area contributed by atoms with E-state index in [4.69, 9.17) is 27.8 Å². The van der Waals surface area contributed by atoms with Crippen molar-refractivity contribution in [2.45, 2.75) is 31.4 Å². The quantitative estimate of drug-likeness (QED) is 0.862. The van der Waals surface area contributed by atoms with Crippen LogP contribution in [0, 0.1) is 0 Å². The van der Waals surface area contributed by atoms with Crippen LogP contribution in [-0.4, -0.2) is 18.1 Å². The number of carbonyl (C=O) groups excluding carboxylic acids is 1. The van der Waals surface area contributed by atoms with Crippen LogP contribution in [0.4, 0.5) is 0 Å². The summed E-state index contributed by atoms with van der Waals surface area (Å²) >= 11 is 5.93. The van der Waals surface area contributed by atoms with Gasteiger partial charge in [0.05, 0.1) is 10.6 Å². The smallest absolute Gasteiger partial charge is 0.250 e. The summed E-state index contributed by atoms with van der Waals surface area (Å²) in [5.41, 5.74) is 11.4. The molecule has 0 saturated heterocycles. The Kier molecular flexibility index (Phi) is 3.54. The standard InChI is InChI=1S/C12H15ClN2O2/c13-9-6-7(4-5-8(9)12(15)16)17-11-3-1-2-10(11)14/h4-6,10-11H,1-3,14H2,(H2,15,16). The van der Waals surface area contributed by atoms with E-state index in [0.717, 1.165) is 19.3 Å². The molecule has 0 aliphatic heterocycles. The summed E-state index contributed by atoms with van der Waals surface area (Å²) in [6.45, 7) is 0. The summed E-state index contributed by atoms with van der Waals surface area (Å²) in [7, 11) is 0. The third-order valence-electron chi connectivity index (χ3n) is 3.00. The number of ether oxygens (including phenoxy) is 1. The summed E-state index contributed by atoms with van der Waals surface area (Å²) in [4.78, 5) is 11.0. The molecule has 0 aromatic heterocycles. The topological polar surface area (TPSA) is 78.3 Å². The predicted octanol–water partition coefficient (Wildman–Crippen LogP) is 1.70. The molecule has 2 atom stereocenters. The van der Waals surface area contributed by atoms with Gasteiger partial charge in [0.15, 0.2) is 0 Å². The minimum absolute atomic E-state index is 0.0329. The van der Waals surface area contributed by atoms with Crippen molar-refractivity contribution in [1.29, 1.82) is 0 Å². The van der Waals surface area contributed by atoms with Gasteiger partial charge in [-0.05, 0) is 37.5 Å². The lowest BCUT2D eigenvalue weighted by Gasteiger charge is -2.18. The van der Waals surface area contributed by atoms with Crippen LogP contribution in [0.3, 0.4) is 0 Å². The van der Waals surface area contributed by atoms with Crippen LogP contribution < -0.4 is 16.2 Å². The summed E-state index contributed by atoms with van der Waals surface area (Å²) in [5, 5.41) is 0.307. The molecule has 4 N–H and O–H groups in total. The minimum Gasteiger partial charge on any atom is -0.489 e. The van der Waals surface area contributed by atoms with Crippen LogP contribution in [0.15, 0.2) is 18.2 Å². The Morgan fingerprint density at radius 3 is 2.71 bits per heavy atom. The summed E-state index contributed by atoms with van der Waals surface area (Å²) in [6.07, 6.45) is 3.05. The van der Waals surface area contributed by atoms with E-state index < -0.39 is 5.91 Å². The van der Waals surface area contributed by atoms with E-state index >= 15 is 0 Å². The first-order chi connectivity index (χ1) is 8.08. The van der Waals surface area contributed by atoms with E-state index in [1.54, 1.807) is 18.2 Å². The van der Waals surface area contributed by atoms with E-state index in [2.05, 4.69) is 0 Å². The van der Waals surface area contributed by atoms with Gasteiger partial charge in [-0.15, -0.1) is 0 Å². The Labute approximate surface area is 105 Å². The normalized spacial score (nSPS) is 23.6. The fourth-order valence-electron chi connectivity index (χ4n) is 2.04. The van der Waals surface area contributed by atoms with Gasteiger partial charge in [-0.1, -0.05) is 11.6 Å². The summed E-state index contributed by atoms with van der Waals surface area (Å²) < 4.78 is 5.74. The van der Waals surface area contributed by atoms with Crippen molar-refractivity contribution in [3.63, 3.8) is 0 Å². The van der Waals surface area contributed by atoms with Gasteiger partial charge in [-0.3, -0.25) is 4.79 Å². The zero-order valence-electron chi connectivity index (χ0n) is 9.36. The van der Waals surface area contributed by atoms with Gasteiger partial charge in [0.1, 0.15) is 11.9 Å². The van der Waals surface area contributed by atoms with Crippen molar-refractivity contribution >= 4 is 17.5 Å². The van der Waals surface area contributed by atoms with Gasteiger partial charge in [0.2, 0.25) is 5.91 Å². The maximum Gasteiger partial charge on any atom is 0.250 e. The highest BCUT2D eigenvalue weighted by molar-refractivity contribution is 6.33. The van der Waals surface area contributed by atoms with Gasteiger partial charge < -0.3 is 16.2 Å². The van der Waals surface area contributed by atoms with E-state index in [9.17, 15) is 4.79 Å². The fraction of sp³-hybridized carbons (Fsp3) is 0.417. The molecular weight excluding hydrogens is 240 g/mol. The molecular formula is C12H15ClN2O2. The molecule has 1 aliphatic rings. The molecule has 1 aromatic rings. The highest BCUT2D eigenvalue weighted by atomic mass is 35.5. The largest absolute Gasteiger partial charge is 0.489 e. The van der Waals surface area contributed by atoms with Crippen LogP contribution in [0.25, 0.3) is 0 Å². The van der Waals surface area contributed by atoms with E-state index in [-0.39, 0.29) is 12.1 Å². The third-order valence-corrected chi connectivity index (χ3v) is 3.31. The molecule has 2 rings (SSSR count). The SMILES string of the molecule is NC(=O)c1ccc(OC2CCCC2N)cc1Cl. The highest BCUT2D eigenvalue weighted by Gasteiger charge is 2.25. The minimum atomic E-state index is -0.542. The maximum absolute atomic E-state index is 11.0. The van der Waals surface area contributed by atoms with Crippen LogP contribution in [0.1, 0.15) is 29.6 Å². The molecule has 0 bridgehead atoms. The van der Waals surface area contributed by atoms with Crippen molar-refractivity contribution in [3.8, 4) is 5.75 Å². The first-order valence-corrected chi connectivity index (χ1v) is 5.97. The average Bonchev–Trinajstić information content (AvgIpc) is 2.64. The summed E-state index contributed by atoms with van der Waals surface area (Å²) in [5.74, 6) is 0.0847. The van der Waals surface area contributed by atoms with Crippen LogP contribution in [-0.2, 0) is 0 Å². The van der Waals surface area contributed by atoms with Gasteiger partial charge >= 0.3 is 0 Å². The molecule has 1 aliphatic carbocycles. The zero-order valence-corrected chi connectivity index (χ0v) is 10.1. The average molecular weight is 255 g/mol. The van der Waals surface area contributed by atoms with Crippen molar-refractivity contribution in [2.24, 2.45) is 11.5 Å². The third kappa shape index (κ3) is 2.70. The van der Waals surface area contributed by atoms with Crippen molar-refractivity contribution in [1.82, 2.24) is 0 Å². The molecule has 4 nitrogen and oxygen atoms in total. The van der Waals surface area contributed by atoms with Crippen molar-refractivity contribution in [3.05, 3.63) is 28.8 Å². The van der Waals surface area contributed by atoms with Gasteiger partial charge in [-0.25, -0.2) is 0 Å². The second-order valence-corrected chi connectivity index (χ2v) is 4.66. The monoisotopic (exact) mass is 254 g/mol. The Balaban J connectivity index is 2.12. The lowest BCUT2D eigenvalue weighted by molar-refractivity contribution is 0.100. The van der Waals surface area contributed by atoms with Crippen molar-refractivity contribution in [2.75, 3.05) is 0 Å². The maximum atomic E-state index is 11.0.